The molecule has 0 aliphatic carbocycles. The van der Waals surface area contributed by atoms with Gasteiger partial charge in [-0.05, 0) is 43.5 Å². The highest BCUT2D eigenvalue weighted by atomic mass is 16.2. The van der Waals surface area contributed by atoms with Crippen LogP contribution in [0.5, 0.6) is 0 Å². The molecular weight excluding hydrogens is 240 g/mol. The lowest BCUT2D eigenvalue weighted by atomic mass is 10.1. The fourth-order valence-electron chi connectivity index (χ4n) is 2.48. The summed E-state index contributed by atoms with van der Waals surface area (Å²) in [5.74, 6) is 0.130. The Bertz CT molecular complexity index is 585. The molecule has 19 heavy (non-hydrogen) atoms. The summed E-state index contributed by atoms with van der Waals surface area (Å²) in [4.78, 5) is 18.1. The van der Waals surface area contributed by atoms with E-state index in [2.05, 4.69) is 10.1 Å². The van der Waals surface area contributed by atoms with E-state index >= 15 is 0 Å². The van der Waals surface area contributed by atoms with Crippen molar-refractivity contribution < 1.29 is 4.79 Å². The number of nitrogens with zero attached hydrogens (tertiary/aromatic N) is 4. The molecule has 1 saturated heterocycles. The summed E-state index contributed by atoms with van der Waals surface area (Å²) >= 11 is 0. The SMILES string of the molecule is Cc1cc(C(=O)N2CCCC2)ccc1-n1cncn1. The molecule has 1 amide bonds. The van der Waals surface area contributed by atoms with Gasteiger partial charge in [-0.1, -0.05) is 0 Å². The zero-order valence-electron chi connectivity index (χ0n) is 10.9. The number of aromatic nitrogens is 3. The van der Waals surface area contributed by atoms with Gasteiger partial charge in [0.05, 0.1) is 5.69 Å². The maximum Gasteiger partial charge on any atom is 0.253 e. The molecule has 0 bridgehead atoms. The Morgan fingerprint density at radius 3 is 2.68 bits per heavy atom. The number of aryl methyl sites for hydroxylation is 1. The van der Waals surface area contributed by atoms with E-state index in [4.69, 9.17) is 0 Å². The molecule has 1 fully saturated rings. The van der Waals surface area contributed by atoms with Gasteiger partial charge in [0.25, 0.3) is 5.91 Å². The summed E-state index contributed by atoms with van der Waals surface area (Å²) < 4.78 is 1.71. The van der Waals surface area contributed by atoms with Crippen LogP contribution >= 0.6 is 0 Å². The Morgan fingerprint density at radius 1 is 1.26 bits per heavy atom. The molecule has 2 heterocycles. The Hall–Kier alpha value is -2.17. The van der Waals surface area contributed by atoms with Crippen LogP contribution in [-0.4, -0.2) is 38.7 Å². The van der Waals surface area contributed by atoms with Crippen LogP contribution < -0.4 is 0 Å². The molecule has 1 aliphatic rings. The summed E-state index contributed by atoms with van der Waals surface area (Å²) in [6, 6.07) is 5.72. The second-order valence-corrected chi connectivity index (χ2v) is 4.84. The fourth-order valence-corrected chi connectivity index (χ4v) is 2.48. The third kappa shape index (κ3) is 2.23. The van der Waals surface area contributed by atoms with Gasteiger partial charge in [-0.25, -0.2) is 9.67 Å². The first-order valence-corrected chi connectivity index (χ1v) is 6.50. The average Bonchev–Trinajstić information content (AvgIpc) is 3.11. The highest BCUT2D eigenvalue weighted by Crippen LogP contribution is 2.18. The van der Waals surface area contributed by atoms with Crippen molar-refractivity contribution in [3.05, 3.63) is 42.0 Å². The largest absolute Gasteiger partial charge is 0.339 e. The second kappa shape index (κ2) is 4.84. The topological polar surface area (TPSA) is 51.0 Å². The Kier molecular flexibility index (Phi) is 3.03. The third-order valence-corrected chi connectivity index (χ3v) is 3.50. The molecule has 0 atom stereocenters. The number of likely N-dealkylation sites (tertiary alicyclic amines) is 1. The van der Waals surface area contributed by atoms with Crippen molar-refractivity contribution in [3.63, 3.8) is 0 Å². The second-order valence-electron chi connectivity index (χ2n) is 4.84. The van der Waals surface area contributed by atoms with Crippen LogP contribution in [0.3, 0.4) is 0 Å². The Morgan fingerprint density at radius 2 is 2.05 bits per heavy atom. The van der Waals surface area contributed by atoms with Gasteiger partial charge >= 0.3 is 0 Å². The number of carbonyl (C=O) groups excluding carboxylic acids is 1. The van der Waals surface area contributed by atoms with Crippen LogP contribution in [0.4, 0.5) is 0 Å². The molecule has 0 N–H and O–H groups in total. The molecule has 3 rings (SSSR count). The van der Waals surface area contributed by atoms with Crippen LogP contribution in [0, 0.1) is 6.92 Å². The molecule has 0 saturated carbocycles. The minimum absolute atomic E-state index is 0.130. The first-order valence-electron chi connectivity index (χ1n) is 6.50. The summed E-state index contributed by atoms with van der Waals surface area (Å²) in [7, 11) is 0. The van der Waals surface area contributed by atoms with Crippen molar-refractivity contribution in [2.24, 2.45) is 0 Å². The van der Waals surface area contributed by atoms with E-state index in [9.17, 15) is 4.79 Å². The first-order chi connectivity index (χ1) is 9.25. The molecule has 1 aromatic heterocycles. The van der Waals surface area contributed by atoms with E-state index in [1.807, 2.05) is 30.0 Å². The molecule has 0 spiro atoms. The predicted molar refractivity (Wildman–Crippen MR) is 71.2 cm³/mol. The van der Waals surface area contributed by atoms with Crippen molar-refractivity contribution >= 4 is 5.91 Å². The number of benzene rings is 1. The van der Waals surface area contributed by atoms with Crippen LogP contribution in [0.15, 0.2) is 30.9 Å². The number of carbonyl (C=O) groups is 1. The Labute approximate surface area is 111 Å². The van der Waals surface area contributed by atoms with Crippen molar-refractivity contribution in [2.45, 2.75) is 19.8 Å². The molecule has 5 heteroatoms. The monoisotopic (exact) mass is 256 g/mol. The lowest BCUT2D eigenvalue weighted by molar-refractivity contribution is 0.0792. The van der Waals surface area contributed by atoms with E-state index in [1.165, 1.54) is 6.33 Å². The van der Waals surface area contributed by atoms with E-state index in [-0.39, 0.29) is 5.91 Å². The maximum atomic E-state index is 12.3. The molecule has 0 radical (unpaired) electrons. The molecule has 0 unspecified atom stereocenters. The molecule has 98 valence electrons. The van der Waals surface area contributed by atoms with Gasteiger partial charge in [-0.2, -0.15) is 5.10 Å². The van der Waals surface area contributed by atoms with Gasteiger partial charge in [0.2, 0.25) is 0 Å². The van der Waals surface area contributed by atoms with Crippen LogP contribution in [-0.2, 0) is 0 Å². The van der Waals surface area contributed by atoms with Gasteiger partial charge < -0.3 is 4.90 Å². The smallest absolute Gasteiger partial charge is 0.253 e. The standard InChI is InChI=1S/C14H16N4O/c1-11-8-12(14(19)17-6-2-3-7-17)4-5-13(11)18-10-15-9-16-18/h4-5,8-10H,2-3,6-7H2,1H3. The minimum Gasteiger partial charge on any atom is -0.339 e. The molecular formula is C14H16N4O. The van der Waals surface area contributed by atoms with Crippen molar-refractivity contribution in [1.82, 2.24) is 19.7 Å². The van der Waals surface area contributed by atoms with Crippen molar-refractivity contribution in [2.75, 3.05) is 13.1 Å². The van der Waals surface area contributed by atoms with Gasteiger partial charge in [0.1, 0.15) is 12.7 Å². The van der Waals surface area contributed by atoms with E-state index in [1.54, 1.807) is 11.0 Å². The maximum absolute atomic E-state index is 12.3. The minimum atomic E-state index is 0.130. The van der Waals surface area contributed by atoms with Gasteiger partial charge in [0.15, 0.2) is 0 Å². The lowest BCUT2D eigenvalue weighted by Crippen LogP contribution is -2.27. The summed E-state index contributed by atoms with van der Waals surface area (Å²) in [6.45, 7) is 3.74. The highest BCUT2D eigenvalue weighted by Gasteiger charge is 2.19. The number of amides is 1. The molecule has 1 aliphatic heterocycles. The van der Waals surface area contributed by atoms with Crippen molar-refractivity contribution in [3.8, 4) is 5.69 Å². The normalized spacial score (nSPS) is 14.9. The lowest BCUT2D eigenvalue weighted by Gasteiger charge is -2.16. The predicted octanol–water partition coefficient (Wildman–Crippen LogP) is 1.81. The van der Waals surface area contributed by atoms with Crippen molar-refractivity contribution in [1.29, 1.82) is 0 Å². The molecule has 2 aromatic rings. The number of hydrogen-bond acceptors (Lipinski definition) is 3. The quantitative estimate of drug-likeness (QED) is 0.823. The van der Waals surface area contributed by atoms with E-state index in [0.717, 1.165) is 42.7 Å². The van der Waals surface area contributed by atoms with Gasteiger partial charge in [-0.3, -0.25) is 4.79 Å². The van der Waals surface area contributed by atoms with Gasteiger partial charge in [-0.15, -0.1) is 0 Å². The number of hydrogen-bond donors (Lipinski definition) is 0. The van der Waals surface area contributed by atoms with Crippen LogP contribution in [0.25, 0.3) is 5.69 Å². The summed E-state index contributed by atoms with van der Waals surface area (Å²) in [6.07, 6.45) is 5.39. The van der Waals surface area contributed by atoms with Gasteiger partial charge in [0, 0.05) is 18.7 Å². The highest BCUT2D eigenvalue weighted by molar-refractivity contribution is 5.94. The van der Waals surface area contributed by atoms with Crippen LogP contribution in [0.2, 0.25) is 0 Å². The zero-order valence-corrected chi connectivity index (χ0v) is 10.9. The molecule has 5 nitrogen and oxygen atoms in total. The third-order valence-electron chi connectivity index (χ3n) is 3.50. The summed E-state index contributed by atoms with van der Waals surface area (Å²) in [5, 5.41) is 4.11. The fraction of sp³-hybridized carbons (Fsp3) is 0.357. The zero-order chi connectivity index (χ0) is 13.2. The van der Waals surface area contributed by atoms with E-state index in [0.29, 0.717) is 0 Å². The van der Waals surface area contributed by atoms with Crippen LogP contribution in [0.1, 0.15) is 28.8 Å². The average molecular weight is 256 g/mol. The summed E-state index contributed by atoms with van der Waals surface area (Å²) in [5.41, 5.74) is 2.73. The molecule has 1 aromatic carbocycles. The first kappa shape index (κ1) is 11.9. The Balaban J connectivity index is 1.89. The van der Waals surface area contributed by atoms with E-state index < -0.39 is 0 Å². The number of rotatable bonds is 2.